The van der Waals surface area contributed by atoms with Gasteiger partial charge in [0.2, 0.25) is 5.91 Å². The highest BCUT2D eigenvalue weighted by molar-refractivity contribution is 5.78. The van der Waals surface area contributed by atoms with Crippen LogP contribution < -0.4 is 15.4 Å². The molecular formula is C15H24N2O2. The summed E-state index contributed by atoms with van der Waals surface area (Å²) < 4.78 is 5.36. The van der Waals surface area contributed by atoms with E-state index in [0.29, 0.717) is 6.54 Å². The van der Waals surface area contributed by atoms with Crippen LogP contribution in [0, 0.1) is 0 Å². The van der Waals surface area contributed by atoms with Gasteiger partial charge in [-0.1, -0.05) is 25.1 Å². The summed E-state index contributed by atoms with van der Waals surface area (Å²) in [5.41, 5.74) is 1.09. The summed E-state index contributed by atoms with van der Waals surface area (Å²) in [6.07, 6.45) is 0.898. The second-order valence-corrected chi connectivity index (χ2v) is 4.81. The summed E-state index contributed by atoms with van der Waals surface area (Å²) in [5.74, 6) is 0.870. The van der Waals surface area contributed by atoms with Crippen LogP contribution >= 0.6 is 0 Å². The van der Waals surface area contributed by atoms with Crippen molar-refractivity contribution in [2.45, 2.75) is 39.3 Å². The Hall–Kier alpha value is -1.55. The molecular weight excluding hydrogens is 240 g/mol. The number of carbonyl (C=O) groups is 1. The zero-order valence-corrected chi connectivity index (χ0v) is 12.2. The van der Waals surface area contributed by atoms with Gasteiger partial charge in [-0.05, 0) is 26.3 Å². The second-order valence-electron chi connectivity index (χ2n) is 4.81. The van der Waals surface area contributed by atoms with Gasteiger partial charge in [-0.2, -0.15) is 0 Å². The third kappa shape index (κ3) is 4.91. The van der Waals surface area contributed by atoms with E-state index in [-0.39, 0.29) is 18.0 Å². The summed E-state index contributed by atoms with van der Waals surface area (Å²) in [6, 6.07) is 8.18. The van der Waals surface area contributed by atoms with E-state index >= 15 is 0 Å². The monoisotopic (exact) mass is 264 g/mol. The van der Waals surface area contributed by atoms with E-state index in [1.54, 1.807) is 7.11 Å². The lowest BCUT2D eigenvalue weighted by Crippen LogP contribution is -2.38. The maximum absolute atomic E-state index is 11.7. The molecule has 4 nitrogen and oxygen atoms in total. The summed E-state index contributed by atoms with van der Waals surface area (Å²) in [6.45, 7) is 6.31. The summed E-state index contributed by atoms with van der Waals surface area (Å²) in [4.78, 5) is 11.7. The summed E-state index contributed by atoms with van der Waals surface area (Å²) in [7, 11) is 1.66. The van der Waals surface area contributed by atoms with Crippen LogP contribution in [-0.4, -0.2) is 25.6 Å². The molecule has 1 aromatic rings. The van der Waals surface area contributed by atoms with Crippen molar-refractivity contribution in [1.29, 1.82) is 0 Å². The number of hydrogen-bond acceptors (Lipinski definition) is 3. The summed E-state index contributed by atoms with van der Waals surface area (Å²) in [5, 5.41) is 6.14. The van der Waals surface area contributed by atoms with Crippen LogP contribution in [0.4, 0.5) is 0 Å². The van der Waals surface area contributed by atoms with Gasteiger partial charge >= 0.3 is 0 Å². The molecule has 0 aromatic heterocycles. The highest BCUT2D eigenvalue weighted by Crippen LogP contribution is 2.26. The zero-order chi connectivity index (χ0) is 14.3. The molecule has 0 aliphatic rings. The van der Waals surface area contributed by atoms with Crippen LogP contribution in [0.25, 0.3) is 0 Å². The number of nitrogens with one attached hydrogen (secondary N) is 2. The average Bonchev–Trinajstić information content (AvgIpc) is 2.39. The lowest BCUT2D eigenvalue weighted by atomic mass is 10.0. The van der Waals surface area contributed by atoms with Crippen molar-refractivity contribution in [3.8, 4) is 5.75 Å². The van der Waals surface area contributed by atoms with Gasteiger partial charge in [0, 0.05) is 17.6 Å². The van der Waals surface area contributed by atoms with E-state index < -0.39 is 0 Å². The number of methoxy groups -OCH3 is 1. The Morgan fingerprint density at radius 1 is 1.32 bits per heavy atom. The quantitative estimate of drug-likeness (QED) is 0.794. The Bertz CT molecular complexity index is 405. The van der Waals surface area contributed by atoms with Crippen molar-refractivity contribution in [3.05, 3.63) is 29.8 Å². The van der Waals surface area contributed by atoms with E-state index in [0.717, 1.165) is 17.7 Å². The van der Waals surface area contributed by atoms with Gasteiger partial charge in [0.05, 0.1) is 13.7 Å². The highest BCUT2D eigenvalue weighted by Gasteiger charge is 2.14. The van der Waals surface area contributed by atoms with E-state index in [1.807, 2.05) is 38.1 Å². The molecule has 2 N–H and O–H groups in total. The van der Waals surface area contributed by atoms with E-state index in [1.165, 1.54) is 0 Å². The number of rotatable bonds is 7. The Labute approximate surface area is 115 Å². The molecule has 1 atom stereocenters. The maximum atomic E-state index is 11.7. The Morgan fingerprint density at radius 3 is 2.58 bits per heavy atom. The molecule has 0 radical (unpaired) electrons. The van der Waals surface area contributed by atoms with E-state index in [4.69, 9.17) is 4.74 Å². The van der Waals surface area contributed by atoms with E-state index in [2.05, 4.69) is 17.6 Å². The molecule has 1 unspecified atom stereocenters. The smallest absolute Gasteiger partial charge is 0.234 e. The molecule has 0 spiro atoms. The first kappa shape index (κ1) is 15.5. The molecule has 0 saturated heterocycles. The normalized spacial score (nSPS) is 12.3. The predicted molar refractivity (Wildman–Crippen MR) is 77.3 cm³/mol. The van der Waals surface area contributed by atoms with Crippen molar-refractivity contribution < 1.29 is 9.53 Å². The molecule has 0 aliphatic carbocycles. The topological polar surface area (TPSA) is 50.4 Å². The van der Waals surface area contributed by atoms with Gasteiger partial charge in [0.15, 0.2) is 0 Å². The predicted octanol–water partition coefficient (Wildman–Crippen LogP) is 2.26. The van der Waals surface area contributed by atoms with Crippen molar-refractivity contribution in [3.63, 3.8) is 0 Å². The van der Waals surface area contributed by atoms with Crippen molar-refractivity contribution in [1.82, 2.24) is 10.6 Å². The minimum absolute atomic E-state index is 0.0170. The van der Waals surface area contributed by atoms with Crippen molar-refractivity contribution in [2.75, 3.05) is 13.7 Å². The first-order valence-corrected chi connectivity index (χ1v) is 6.74. The van der Waals surface area contributed by atoms with Crippen LogP contribution in [-0.2, 0) is 4.79 Å². The van der Waals surface area contributed by atoms with Gasteiger partial charge < -0.3 is 15.4 Å². The molecule has 19 heavy (non-hydrogen) atoms. The van der Waals surface area contributed by atoms with Crippen LogP contribution in [0.2, 0.25) is 0 Å². The average molecular weight is 264 g/mol. The molecule has 1 amide bonds. The molecule has 0 heterocycles. The maximum Gasteiger partial charge on any atom is 0.234 e. The van der Waals surface area contributed by atoms with Gasteiger partial charge in [0.25, 0.3) is 0 Å². The number of carbonyl (C=O) groups excluding carboxylic acids is 1. The van der Waals surface area contributed by atoms with Crippen molar-refractivity contribution >= 4 is 5.91 Å². The Balaban J connectivity index is 2.65. The SMILES string of the molecule is CCC(NCC(=O)NC(C)C)c1ccccc1OC. The minimum atomic E-state index is 0.0170. The van der Waals surface area contributed by atoms with Crippen LogP contribution in [0.3, 0.4) is 0 Å². The van der Waals surface area contributed by atoms with Crippen LogP contribution in [0.5, 0.6) is 5.75 Å². The fraction of sp³-hybridized carbons (Fsp3) is 0.533. The third-order valence-corrected chi connectivity index (χ3v) is 2.88. The number of amides is 1. The zero-order valence-electron chi connectivity index (χ0n) is 12.2. The lowest BCUT2D eigenvalue weighted by molar-refractivity contribution is -0.120. The minimum Gasteiger partial charge on any atom is -0.496 e. The molecule has 0 saturated carbocycles. The number of benzene rings is 1. The third-order valence-electron chi connectivity index (χ3n) is 2.88. The molecule has 106 valence electrons. The molecule has 0 bridgehead atoms. The first-order chi connectivity index (χ1) is 9.08. The fourth-order valence-electron chi connectivity index (χ4n) is 2.02. The number of hydrogen-bond donors (Lipinski definition) is 2. The Kier molecular flexibility index (Phi) is 6.36. The molecule has 1 aromatic carbocycles. The standard InChI is InChI=1S/C15H24N2O2/c1-5-13(16-10-15(18)17-11(2)3)12-8-6-7-9-14(12)19-4/h6-9,11,13,16H,5,10H2,1-4H3,(H,17,18). The summed E-state index contributed by atoms with van der Waals surface area (Å²) >= 11 is 0. The van der Waals surface area contributed by atoms with E-state index in [9.17, 15) is 4.79 Å². The van der Waals surface area contributed by atoms with Crippen LogP contribution in [0.1, 0.15) is 38.8 Å². The molecule has 4 heteroatoms. The van der Waals surface area contributed by atoms with Gasteiger partial charge in [-0.3, -0.25) is 4.79 Å². The van der Waals surface area contributed by atoms with Gasteiger partial charge in [0.1, 0.15) is 5.75 Å². The molecule has 1 rings (SSSR count). The van der Waals surface area contributed by atoms with Gasteiger partial charge in [-0.15, -0.1) is 0 Å². The van der Waals surface area contributed by atoms with Gasteiger partial charge in [-0.25, -0.2) is 0 Å². The van der Waals surface area contributed by atoms with Crippen molar-refractivity contribution in [2.24, 2.45) is 0 Å². The number of ether oxygens (including phenoxy) is 1. The molecule has 0 aliphatic heterocycles. The fourth-order valence-corrected chi connectivity index (χ4v) is 2.02. The molecule has 0 fully saturated rings. The highest BCUT2D eigenvalue weighted by atomic mass is 16.5. The largest absolute Gasteiger partial charge is 0.496 e. The first-order valence-electron chi connectivity index (χ1n) is 6.74. The Morgan fingerprint density at radius 2 is 2.00 bits per heavy atom. The lowest BCUT2D eigenvalue weighted by Gasteiger charge is -2.20. The van der Waals surface area contributed by atoms with Crippen LogP contribution in [0.15, 0.2) is 24.3 Å². The number of para-hydroxylation sites is 1. The second kappa shape index (κ2) is 7.79.